The van der Waals surface area contributed by atoms with Crippen LogP contribution in [-0.4, -0.2) is 4.98 Å². The fourth-order valence-electron chi connectivity index (χ4n) is 0.750. The summed E-state index contributed by atoms with van der Waals surface area (Å²) in [6, 6.07) is 8.90. The second kappa shape index (κ2) is 3.90. The standard InChI is InChI=1S/C9H5N3/c10-5-4-8(7-11)9-3-1-2-6-12-9/h1-4,6H/b8-4-. The van der Waals surface area contributed by atoms with E-state index in [1.54, 1.807) is 30.5 Å². The molecule has 12 heavy (non-hydrogen) atoms. The molecule has 0 bridgehead atoms. The second-order valence-electron chi connectivity index (χ2n) is 2.01. The van der Waals surface area contributed by atoms with Crippen LogP contribution in [-0.2, 0) is 0 Å². The summed E-state index contributed by atoms with van der Waals surface area (Å²) in [6.07, 6.45) is 2.76. The molecule has 1 aromatic rings. The van der Waals surface area contributed by atoms with Gasteiger partial charge in [0.05, 0.1) is 17.3 Å². The van der Waals surface area contributed by atoms with Gasteiger partial charge >= 0.3 is 0 Å². The summed E-state index contributed by atoms with van der Waals surface area (Å²) in [5, 5.41) is 16.9. The van der Waals surface area contributed by atoms with Crippen molar-refractivity contribution in [3.05, 3.63) is 36.2 Å². The molecule has 0 fully saturated rings. The first-order valence-electron chi connectivity index (χ1n) is 3.30. The maximum atomic E-state index is 8.60. The van der Waals surface area contributed by atoms with Gasteiger partial charge in [0, 0.05) is 12.3 Å². The maximum Gasteiger partial charge on any atom is 0.102 e. The summed E-state index contributed by atoms with van der Waals surface area (Å²) >= 11 is 0. The molecule has 0 aliphatic heterocycles. The van der Waals surface area contributed by atoms with Gasteiger partial charge < -0.3 is 0 Å². The molecule has 0 aliphatic rings. The molecular formula is C9H5N3. The summed E-state index contributed by atoms with van der Waals surface area (Å²) in [4.78, 5) is 3.93. The Morgan fingerprint density at radius 3 is 2.75 bits per heavy atom. The van der Waals surface area contributed by atoms with Gasteiger partial charge in [-0.15, -0.1) is 0 Å². The average molecular weight is 155 g/mol. The number of hydrogen-bond donors (Lipinski definition) is 0. The van der Waals surface area contributed by atoms with E-state index in [4.69, 9.17) is 10.5 Å². The van der Waals surface area contributed by atoms with Crippen LogP contribution in [0.5, 0.6) is 0 Å². The smallest absolute Gasteiger partial charge is 0.102 e. The van der Waals surface area contributed by atoms with E-state index >= 15 is 0 Å². The molecule has 0 aromatic carbocycles. The van der Waals surface area contributed by atoms with Gasteiger partial charge in [0.1, 0.15) is 6.07 Å². The van der Waals surface area contributed by atoms with E-state index in [0.29, 0.717) is 5.69 Å². The molecule has 1 heterocycles. The van der Waals surface area contributed by atoms with Gasteiger partial charge in [-0.05, 0) is 12.1 Å². The van der Waals surface area contributed by atoms with Crippen molar-refractivity contribution >= 4 is 5.57 Å². The first kappa shape index (κ1) is 7.97. The molecule has 0 unspecified atom stereocenters. The molecule has 0 radical (unpaired) electrons. The number of pyridine rings is 1. The van der Waals surface area contributed by atoms with Crippen LogP contribution in [0, 0.1) is 22.7 Å². The number of allylic oxidation sites excluding steroid dienone is 2. The summed E-state index contributed by atoms with van der Waals surface area (Å²) < 4.78 is 0. The van der Waals surface area contributed by atoms with Gasteiger partial charge in [-0.1, -0.05) is 6.07 Å². The van der Waals surface area contributed by atoms with E-state index in [0.717, 1.165) is 0 Å². The third-order valence-corrected chi connectivity index (χ3v) is 1.27. The van der Waals surface area contributed by atoms with Gasteiger partial charge in [0.25, 0.3) is 0 Å². The van der Waals surface area contributed by atoms with Crippen molar-refractivity contribution in [1.29, 1.82) is 10.5 Å². The molecular weight excluding hydrogens is 150 g/mol. The van der Waals surface area contributed by atoms with E-state index < -0.39 is 0 Å². The molecule has 1 aromatic heterocycles. The Labute approximate surface area is 70.2 Å². The normalized spacial score (nSPS) is 10.0. The lowest BCUT2D eigenvalue weighted by Crippen LogP contribution is -1.84. The molecule has 0 amide bonds. The van der Waals surface area contributed by atoms with Crippen molar-refractivity contribution in [1.82, 2.24) is 4.98 Å². The van der Waals surface area contributed by atoms with Gasteiger partial charge in [0.15, 0.2) is 0 Å². The Kier molecular flexibility index (Phi) is 2.59. The van der Waals surface area contributed by atoms with Crippen molar-refractivity contribution < 1.29 is 0 Å². The highest BCUT2D eigenvalue weighted by Crippen LogP contribution is 2.08. The maximum absolute atomic E-state index is 8.60. The first-order valence-corrected chi connectivity index (χ1v) is 3.30. The number of rotatable bonds is 1. The topological polar surface area (TPSA) is 60.5 Å². The van der Waals surface area contributed by atoms with Crippen molar-refractivity contribution in [3.63, 3.8) is 0 Å². The van der Waals surface area contributed by atoms with Crippen molar-refractivity contribution in [2.75, 3.05) is 0 Å². The molecule has 0 atom stereocenters. The monoisotopic (exact) mass is 155 g/mol. The van der Waals surface area contributed by atoms with E-state index in [9.17, 15) is 0 Å². The van der Waals surface area contributed by atoms with E-state index in [-0.39, 0.29) is 5.57 Å². The fourth-order valence-corrected chi connectivity index (χ4v) is 0.750. The van der Waals surface area contributed by atoms with Crippen LogP contribution in [0.2, 0.25) is 0 Å². The van der Waals surface area contributed by atoms with Crippen LogP contribution >= 0.6 is 0 Å². The van der Waals surface area contributed by atoms with Crippen LogP contribution in [0.3, 0.4) is 0 Å². The average Bonchev–Trinajstić information content (AvgIpc) is 2.15. The largest absolute Gasteiger partial charge is 0.255 e. The van der Waals surface area contributed by atoms with E-state index in [1.807, 2.05) is 6.07 Å². The van der Waals surface area contributed by atoms with Gasteiger partial charge in [-0.2, -0.15) is 10.5 Å². The minimum Gasteiger partial charge on any atom is -0.255 e. The SMILES string of the molecule is N#C/C=C(/C#N)c1ccccn1. The molecule has 3 nitrogen and oxygen atoms in total. The Balaban J connectivity index is 3.09. The number of nitriles is 2. The minimum absolute atomic E-state index is 0.290. The molecule has 0 saturated heterocycles. The molecule has 3 heteroatoms. The summed E-state index contributed by atoms with van der Waals surface area (Å²) in [7, 11) is 0. The quantitative estimate of drug-likeness (QED) is 0.577. The summed E-state index contributed by atoms with van der Waals surface area (Å²) in [5.74, 6) is 0. The predicted molar refractivity (Wildman–Crippen MR) is 43.4 cm³/mol. The Morgan fingerprint density at radius 1 is 1.42 bits per heavy atom. The zero-order valence-corrected chi connectivity index (χ0v) is 6.23. The van der Waals surface area contributed by atoms with Gasteiger partial charge in [-0.3, -0.25) is 4.98 Å². The van der Waals surface area contributed by atoms with Crippen LogP contribution < -0.4 is 0 Å². The molecule has 0 aliphatic carbocycles. The van der Waals surface area contributed by atoms with Crippen molar-refractivity contribution in [2.45, 2.75) is 0 Å². The number of hydrogen-bond acceptors (Lipinski definition) is 3. The van der Waals surface area contributed by atoms with Crippen molar-refractivity contribution in [2.24, 2.45) is 0 Å². The third kappa shape index (κ3) is 1.68. The number of aromatic nitrogens is 1. The first-order chi connectivity index (χ1) is 5.88. The zero-order valence-electron chi connectivity index (χ0n) is 6.23. The molecule has 0 saturated carbocycles. The van der Waals surface area contributed by atoms with E-state index in [1.165, 1.54) is 6.08 Å². The van der Waals surface area contributed by atoms with Crippen LogP contribution in [0.25, 0.3) is 5.57 Å². The Hall–Kier alpha value is -2.13. The zero-order chi connectivity index (χ0) is 8.81. The lowest BCUT2D eigenvalue weighted by molar-refractivity contribution is 1.28. The highest BCUT2D eigenvalue weighted by molar-refractivity contribution is 5.75. The van der Waals surface area contributed by atoms with Crippen LogP contribution in [0.1, 0.15) is 5.69 Å². The Morgan fingerprint density at radius 2 is 2.25 bits per heavy atom. The third-order valence-electron chi connectivity index (χ3n) is 1.27. The summed E-state index contributed by atoms with van der Waals surface area (Å²) in [5.41, 5.74) is 0.819. The lowest BCUT2D eigenvalue weighted by Gasteiger charge is -1.92. The summed E-state index contributed by atoms with van der Waals surface area (Å²) in [6.45, 7) is 0. The molecule has 0 N–H and O–H groups in total. The molecule has 56 valence electrons. The molecule has 0 spiro atoms. The van der Waals surface area contributed by atoms with E-state index in [2.05, 4.69) is 4.98 Å². The predicted octanol–water partition coefficient (Wildman–Crippen LogP) is 1.51. The highest BCUT2D eigenvalue weighted by atomic mass is 14.7. The minimum atomic E-state index is 0.290. The highest BCUT2D eigenvalue weighted by Gasteiger charge is 1.98. The Bertz CT molecular complexity index is 365. The second-order valence-corrected chi connectivity index (χ2v) is 2.01. The van der Waals surface area contributed by atoms with Crippen LogP contribution in [0.15, 0.2) is 30.5 Å². The van der Waals surface area contributed by atoms with Crippen molar-refractivity contribution in [3.8, 4) is 12.1 Å². The van der Waals surface area contributed by atoms with Gasteiger partial charge in [0.2, 0.25) is 0 Å². The fraction of sp³-hybridized carbons (Fsp3) is 0. The van der Waals surface area contributed by atoms with Crippen LogP contribution in [0.4, 0.5) is 0 Å². The number of nitrogens with zero attached hydrogens (tertiary/aromatic N) is 3. The lowest BCUT2D eigenvalue weighted by atomic mass is 10.2. The molecule has 1 rings (SSSR count). The van der Waals surface area contributed by atoms with Gasteiger partial charge in [-0.25, -0.2) is 0 Å².